The molecule has 0 aliphatic carbocycles. The molecule has 0 spiro atoms. The molecule has 0 bridgehead atoms. The van der Waals surface area contributed by atoms with Crippen molar-refractivity contribution in [2.24, 2.45) is 0 Å². The van der Waals surface area contributed by atoms with Crippen LogP contribution >= 0.6 is 0 Å². The van der Waals surface area contributed by atoms with Crippen molar-refractivity contribution in [1.29, 1.82) is 0 Å². The minimum Gasteiger partial charge on any atom is -0.490 e. The molecule has 19 heavy (non-hydrogen) atoms. The van der Waals surface area contributed by atoms with E-state index < -0.39 is 32.1 Å². The summed E-state index contributed by atoms with van der Waals surface area (Å²) in [7, 11) is 0. The van der Waals surface area contributed by atoms with E-state index >= 15 is 0 Å². The fraction of sp³-hybridized carbons (Fsp3) is 0.375. The summed E-state index contributed by atoms with van der Waals surface area (Å²) in [5.74, 6) is 0.356. The Balaban J connectivity index is 2.19. The Labute approximate surface area is 124 Å². The van der Waals surface area contributed by atoms with Gasteiger partial charge in [0.25, 0.3) is 0 Å². The van der Waals surface area contributed by atoms with Gasteiger partial charge in [-0.25, -0.2) is 0 Å². The van der Waals surface area contributed by atoms with Gasteiger partial charge < -0.3 is 15.2 Å². The van der Waals surface area contributed by atoms with Gasteiger partial charge >= 0.3 is 0 Å². The second-order valence-electron chi connectivity index (χ2n) is 4.09. The molecule has 2 atom stereocenters. The van der Waals surface area contributed by atoms with Crippen molar-refractivity contribution in [3.05, 3.63) is 42.5 Å². The zero-order valence-electron chi connectivity index (χ0n) is 17.6. The monoisotopic (exact) mass is 266 g/mol. The summed E-state index contributed by atoms with van der Waals surface area (Å²) in [6.07, 6.45) is -2.84. The van der Waals surface area contributed by atoms with Crippen LogP contribution in [0.15, 0.2) is 42.5 Å². The van der Waals surface area contributed by atoms with E-state index in [1.807, 2.05) is 23.5 Å². The molecule has 2 unspecified atom stereocenters. The smallest absolute Gasteiger partial charge is 0.127 e. The predicted octanol–water partition coefficient (Wildman–Crippen LogP) is 2.58. The third-order valence-electron chi connectivity index (χ3n) is 2.51. The van der Waals surface area contributed by atoms with E-state index in [-0.39, 0.29) is 0 Å². The van der Waals surface area contributed by atoms with Gasteiger partial charge in [-0.1, -0.05) is 50.2 Å². The van der Waals surface area contributed by atoms with Gasteiger partial charge in [0.2, 0.25) is 0 Å². The molecule has 3 heteroatoms. The summed E-state index contributed by atoms with van der Waals surface area (Å²) in [5.41, 5.74) is 0. The molecule has 0 aliphatic heterocycles. The standard InChI is InChI=1S/C16H21NO2/c1-12(2)17-10-14(18)11-19-16-9-5-7-13-6-3-4-8-15(13)16/h3-9,12,14,17-18H,10-11H2,1-2H3/i1D3,10D2,12D,14D. The van der Waals surface area contributed by atoms with Crippen LogP contribution in [-0.4, -0.2) is 30.3 Å². The Hall–Kier alpha value is -1.58. The van der Waals surface area contributed by atoms with E-state index in [0.29, 0.717) is 5.75 Å². The first-order valence-electron chi connectivity index (χ1n) is 9.39. The fourth-order valence-corrected chi connectivity index (χ4v) is 1.67. The van der Waals surface area contributed by atoms with Gasteiger partial charge in [-0.05, 0) is 11.5 Å². The third kappa shape index (κ3) is 3.94. The predicted molar refractivity (Wildman–Crippen MR) is 78.6 cm³/mol. The maximum Gasteiger partial charge on any atom is 0.127 e. The zero-order chi connectivity index (χ0) is 19.8. The van der Waals surface area contributed by atoms with Crippen LogP contribution < -0.4 is 10.1 Å². The first kappa shape index (κ1) is 7.27. The summed E-state index contributed by atoms with van der Waals surface area (Å²) in [6.45, 7) is -5.58. The highest BCUT2D eigenvalue weighted by Crippen LogP contribution is 2.25. The van der Waals surface area contributed by atoms with Gasteiger partial charge in [0, 0.05) is 26.1 Å². The molecule has 0 saturated carbocycles. The van der Waals surface area contributed by atoms with Crippen molar-refractivity contribution >= 4 is 10.8 Å². The van der Waals surface area contributed by atoms with Crippen molar-refractivity contribution in [2.45, 2.75) is 25.9 Å². The first-order valence-corrected chi connectivity index (χ1v) is 5.89. The Morgan fingerprint density at radius 3 is 3.00 bits per heavy atom. The number of hydrogen-bond acceptors (Lipinski definition) is 3. The van der Waals surface area contributed by atoms with E-state index in [2.05, 4.69) is 0 Å². The second kappa shape index (κ2) is 6.55. The third-order valence-corrected chi connectivity index (χ3v) is 2.51. The molecule has 102 valence electrons. The number of ether oxygens (including phenoxy) is 1. The molecule has 0 heterocycles. The zero-order valence-corrected chi connectivity index (χ0v) is 10.6. The van der Waals surface area contributed by atoms with Gasteiger partial charge in [0.15, 0.2) is 0 Å². The summed E-state index contributed by atoms with van der Waals surface area (Å²) in [5, 5.41) is 13.8. The van der Waals surface area contributed by atoms with Crippen LogP contribution in [0.3, 0.4) is 0 Å². The largest absolute Gasteiger partial charge is 0.490 e. The number of benzene rings is 2. The summed E-state index contributed by atoms with van der Waals surface area (Å²) in [4.78, 5) is 0. The van der Waals surface area contributed by atoms with Crippen LogP contribution in [0.4, 0.5) is 0 Å². The molecule has 2 N–H and O–H groups in total. The molecule has 0 amide bonds. The highest BCUT2D eigenvalue weighted by Gasteiger charge is 2.07. The fourth-order valence-electron chi connectivity index (χ4n) is 1.67. The van der Waals surface area contributed by atoms with Gasteiger partial charge in [0.1, 0.15) is 18.4 Å². The quantitative estimate of drug-likeness (QED) is 0.844. The van der Waals surface area contributed by atoms with Gasteiger partial charge in [-0.2, -0.15) is 0 Å². The van der Waals surface area contributed by atoms with Crippen LogP contribution in [0.5, 0.6) is 5.75 Å². The molecule has 0 aromatic heterocycles. The number of hydrogen-bond donors (Lipinski definition) is 2. The van der Waals surface area contributed by atoms with Gasteiger partial charge in [-0.3, -0.25) is 0 Å². The van der Waals surface area contributed by atoms with Gasteiger partial charge in [0.05, 0.1) is 1.37 Å². The average Bonchev–Trinajstić information content (AvgIpc) is 2.50. The Kier molecular flexibility index (Phi) is 2.50. The van der Waals surface area contributed by atoms with Crippen LogP contribution in [0.2, 0.25) is 0 Å². The highest BCUT2D eigenvalue weighted by molar-refractivity contribution is 5.88. The maximum atomic E-state index is 10.2. The van der Waals surface area contributed by atoms with E-state index in [9.17, 15) is 5.11 Å². The van der Waals surface area contributed by atoms with Crippen molar-refractivity contribution < 1.29 is 19.4 Å². The van der Waals surface area contributed by atoms with Crippen LogP contribution in [-0.2, 0) is 0 Å². The molecule has 3 nitrogen and oxygen atoms in total. The average molecular weight is 266 g/mol. The molecule has 0 fully saturated rings. The number of fused-ring (bicyclic) bond motifs is 1. The molecule has 2 aromatic rings. The van der Waals surface area contributed by atoms with E-state index in [0.717, 1.165) is 17.7 Å². The lowest BCUT2D eigenvalue weighted by atomic mass is 10.1. The lowest BCUT2D eigenvalue weighted by Gasteiger charge is -2.15. The maximum absolute atomic E-state index is 10.2. The summed E-state index contributed by atoms with van der Waals surface area (Å²) in [6, 6.07) is 10.1. The summed E-state index contributed by atoms with van der Waals surface area (Å²) >= 11 is 0. The molecular weight excluding hydrogens is 238 g/mol. The molecule has 0 radical (unpaired) electrons. The summed E-state index contributed by atoms with van der Waals surface area (Å²) < 4.78 is 58.7. The Morgan fingerprint density at radius 2 is 2.16 bits per heavy atom. The lowest BCUT2D eigenvalue weighted by molar-refractivity contribution is 0.105. The Bertz CT molecular complexity index is 769. The Morgan fingerprint density at radius 1 is 1.37 bits per heavy atom. The van der Waals surface area contributed by atoms with Crippen molar-refractivity contribution in [3.8, 4) is 5.75 Å². The van der Waals surface area contributed by atoms with Crippen molar-refractivity contribution in [1.82, 2.24) is 5.32 Å². The minimum absolute atomic E-state index is 0.356. The topological polar surface area (TPSA) is 41.5 Å². The first-order chi connectivity index (χ1) is 11.8. The van der Waals surface area contributed by atoms with Crippen LogP contribution in [0.25, 0.3) is 10.8 Å². The lowest BCUT2D eigenvalue weighted by Crippen LogP contribution is -2.35. The molecule has 0 saturated heterocycles. The second-order valence-corrected chi connectivity index (χ2v) is 4.09. The SMILES string of the molecule is [2H]C([2H])([2H])C([2H])(C)NC([2H])([2H])C([2H])(O)COc1cccc2ccccc12. The molecule has 2 aromatic carbocycles. The van der Waals surface area contributed by atoms with E-state index in [1.54, 1.807) is 24.3 Å². The van der Waals surface area contributed by atoms with E-state index in [4.69, 9.17) is 14.3 Å². The highest BCUT2D eigenvalue weighted by atomic mass is 16.5. The van der Waals surface area contributed by atoms with Crippen molar-refractivity contribution in [3.63, 3.8) is 0 Å². The molecule has 0 aliphatic rings. The van der Waals surface area contributed by atoms with Crippen LogP contribution in [0.1, 0.15) is 23.4 Å². The normalized spacial score (nSPS) is 24.4. The van der Waals surface area contributed by atoms with Gasteiger partial charge in [-0.15, -0.1) is 0 Å². The number of rotatable bonds is 6. The number of nitrogens with one attached hydrogen (secondary N) is 1. The minimum atomic E-state index is -2.91. The van der Waals surface area contributed by atoms with Crippen molar-refractivity contribution in [2.75, 3.05) is 13.1 Å². The van der Waals surface area contributed by atoms with Crippen LogP contribution in [0, 0.1) is 0 Å². The van der Waals surface area contributed by atoms with E-state index in [1.165, 1.54) is 0 Å². The molecular formula is C16H21NO2. The number of aliphatic hydroxyl groups is 1. The molecule has 2 rings (SSSR count).